The maximum absolute atomic E-state index is 12.3. The number of carbonyl (C=O) groups excluding carboxylic acids is 2. The van der Waals surface area contributed by atoms with Crippen LogP contribution in [-0.2, 0) is 11.2 Å². The summed E-state index contributed by atoms with van der Waals surface area (Å²) >= 11 is 13.5. The second kappa shape index (κ2) is 7.68. The molecule has 7 heteroatoms. The van der Waals surface area contributed by atoms with Crippen molar-refractivity contribution in [1.82, 2.24) is 5.32 Å². The van der Waals surface area contributed by atoms with Gasteiger partial charge in [-0.05, 0) is 49.2 Å². The number of carbonyl (C=O) groups is 2. The molecule has 0 fully saturated rings. The highest BCUT2D eigenvalue weighted by atomic mass is 35.5. The summed E-state index contributed by atoms with van der Waals surface area (Å²) in [7, 11) is 0. The molecule has 0 aliphatic carbocycles. The van der Waals surface area contributed by atoms with Gasteiger partial charge in [0.1, 0.15) is 0 Å². The Hall–Kier alpha value is -1.69. The van der Waals surface area contributed by atoms with Gasteiger partial charge in [0.25, 0.3) is 5.91 Å². The Labute approximate surface area is 160 Å². The summed E-state index contributed by atoms with van der Waals surface area (Å²) in [6.07, 6.45) is 0.608. The highest BCUT2D eigenvalue weighted by molar-refractivity contribution is 8.00. The van der Waals surface area contributed by atoms with Crippen molar-refractivity contribution in [3.05, 3.63) is 57.6 Å². The Bertz CT molecular complexity index is 842. The predicted molar refractivity (Wildman–Crippen MR) is 103 cm³/mol. The van der Waals surface area contributed by atoms with Crippen molar-refractivity contribution in [2.45, 2.75) is 23.5 Å². The maximum Gasteiger partial charge on any atom is 0.251 e. The van der Waals surface area contributed by atoms with E-state index in [4.69, 9.17) is 23.2 Å². The molecular formula is C18H16Cl2N2O2S. The molecule has 2 amide bonds. The minimum absolute atomic E-state index is 0.0487. The van der Waals surface area contributed by atoms with Crippen molar-refractivity contribution in [2.24, 2.45) is 0 Å². The average Bonchev–Trinajstić information content (AvgIpc) is 2.57. The highest BCUT2D eigenvalue weighted by Gasteiger charge is 2.23. The first-order valence-corrected chi connectivity index (χ1v) is 9.41. The van der Waals surface area contributed by atoms with E-state index in [1.54, 1.807) is 24.3 Å². The van der Waals surface area contributed by atoms with E-state index < -0.39 is 0 Å². The number of rotatable bonds is 4. The molecule has 0 saturated heterocycles. The molecule has 130 valence electrons. The smallest absolute Gasteiger partial charge is 0.251 e. The third-order valence-electron chi connectivity index (χ3n) is 3.87. The van der Waals surface area contributed by atoms with E-state index in [2.05, 4.69) is 10.6 Å². The second-order valence-electron chi connectivity index (χ2n) is 5.70. The molecule has 0 bridgehead atoms. The minimum atomic E-state index is -0.189. The van der Waals surface area contributed by atoms with Crippen LogP contribution in [0.25, 0.3) is 0 Å². The SMILES string of the molecule is C[C@@H]1Sc2ccc(C(=O)NCCc3ccc(Cl)cc3Cl)cc2NC1=O. The summed E-state index contributed by atoms with van der Waals surface area (Å²) in [6.45, 7) is 2.31. The Morgan fingerprint density at radius 2 is 2.04 bits per heavy atom. The summed E-state index contributed by atoms with van der Waals surface area (Å²) in [5.74, 6) is -0.238. The van der Waals surface area contributed by atoms with Crippen LogP contribution in [0.5, 0.6) is 0 Å². The fourth-order valence-electron chi connectivity index (χ4n) is 2.49. The van der Waals surface area contributed by atoms with Gasteiger partial charge in [0, 0.05) is 27.0 Å². The summed E-state index contributed by atoms with van der Waals surface area (Å²) in [6, 6.07) is 10.6. The first-order valence-electron chi connectivity index (χ1n) is 7.78. The van der Waals surface area contributed by atoms with Gasteiger partial charge in [-0.1, -0.05) is 29.3 Å². The lowest BCUT2D eigenvalue weighted by atomic mass is 10.1. The summed E-state index contributed by atoms with van der Waals surface area (Å²) in [5, 5.41) is 6.74. The maximum atomic E-state index is 12.3. The van der Waals surface area contributed by atoms with Gasteiger partial charge >= 0.3 is 0 Å². The number of hydrogen-bond acceptors (Lipinski definition) is 3. The average molecular weight is 395 g/mol. The molecule has 1 aliphatic rings. The van der Waals surface area contributed by atoms with Crippen LogP contribution in [0, 0.1) is 0 Å². The van der Waals surface area contributed by atoms with Gasteiger partial charge in [-0.25, -0.2) is 0 Å². The quantitative estimate of drug-likeness (QED) is 0.807. The van der Waals surface area contributed by atoms with Crippen molar-refractivity contribution < 1.29 is 9.59 Å². The second-order valence-corrected chi connectivity index (χ2v) is 7.93. The fourth-order valence-corrected chi connectivity index (χ4v) is 3.92. The van der Waals surface area contributed by atoms with Gasteiger partial charge < -0.3 is 10.6 Å². The molecule has 4 nitrogen and oxygen atoms in total. The van der Waals surface area contributed by atoms with E-state index in [1.165, 1.54) is 11.8 Å². The van der Waals surface area contributed by atoms with E-state index >= 15 is 0 Å². The van der Waals surface area contributed by atoms with Gasteiger partial charge in [0.2, 0.25) is 5.91 Å². The molecular weight excluding hydrogens is 379 g/mol. The number of anilines is 1. The van der Waals surface area contributed by atoms with Crippen molar-refractivity contribution in [2.75, 3.05) is 11.9 Å². The molecule has 0 aromatic heterocycles. The number of amides is 2. The number of halogens is 2. The third kappa shape index (κ3) is 4.29. The Balaban J connectivity index is 1.62. The number of thioether (sulfide) groups is 1. The van der Waals surface area contributed by atoms with Crippen LogP contribution in [0.4, 0.5) is 5.69 Å². The Morgan fingerprint density at radius 1 is 1.24 bits per heavy atom. The van der Waals surface area contributed by atoms with E-state index in [9.17, 15) is 9.59 Å². The van der Waals surface area contributed by atoms with Crippen LogP contribution in [0.15, 0.2) is 41.3 Å². The molecule has 1 aliphatic heterocycles. The first kappa shape index (κ1) is 18.1. The van der Waals surface area contributed by atoms with Gasteiger partial charge in [-0.3, -0.25) is 9.59 Å². The van der Waals surface area contributed by atoms with Crippen molar-refractivity contribution in [3.8, 4) is 0 Å². The molecule has 2 aromatic carbocycles. The lowest BCUT2D eigenvalue weighted by Gasteiger charge is -2.21. The largest absolute Gasteiger partial charge is 0.352 e. The van der Waals surface area contributed by atoms with Crippen LogP contribution >= 0.6 is 35.0 Å². The molecule has 25 heavy (non-hydrogen) atoms. The standard InChI is InChI=1S/C18H16Cl2N2O2S/c1-10-17(23)22-15-8-12(3-5-16(15)25-10)18(24)21-7-6-11-2-4-13(19)9-14(11)20/h2-5,8-10H,6-7H2,1H3,(H,21,24)(H,22,23)/t10-/m0/s1. The molecule has 1 atom stereocenters. The monoisotopic (exact) mass is 394 g/mol. The zero-order chi connectivity index (χ0) is 18.0. The van der Waals surface area contributed by atoms with E-state index in [0.717, 1.165) is 10.5 Å². The van der Waals surface area contributed by atoms with Crippen LogP contribution in [0.3, 0.4) is 0 Å². The lowest BCUT2D eigenvalue weighted by Crippen LogP contribution is -2.28. The Morgan fingerprint density at radius 3 is 2.80 bits per heavy atom. The number of nitrogens with one attached hydrogen (secondary N) is 2. The first-order chi connectivity index (χ1) is 11.9. The minimum Gasteiger partial charge on any atom is -0.352 e. The molecule has 2 aromatic rings. The molecule has 0 spiro atoms. The molecule has 0 radical (unpaired) electrons. The normalized spacial score (nSPS) is 16.1. The molecule has 0 saturated carbocycles. The molecule has 1 heterocycles. The van der Waals surface area contributed by atoms with Crippen LogP contribution in [0.2, 0.25) is 10.0 Å². The molecule has 3 rings (SSSR count). The number of benzene rings is 2. The van der Waals surface area contributed by atoms with Crippen molar-refractivity contribution in [1.29, 1.82) is 0 Å². The van der Waals surface area contributed by atoms with Crippen LogP contribution in [0.1, 0.15) is 22.8 Å². The molecule has 2 N–H and O–H groups in total. The van der Waals surface area contributed by atoms with Gasteiger partial charge in [0.15, 0.2) is 0 Å². The van der Waals surface area contributed by atoms with Crippen LogP contribution in [-0.4, -0.2) is 23.6 Å². The van der Waals surface area contributed by atoms with E-state index in [0.29, 0.717) is 34.3 Å². The predicted octanol–water partition coefficient (Wildman–Crippen LogP) is 4.40. The van der Waals surface area contributed by atoms with Gasteiger partial charge in [-0.15, -0.1) is 11.8 Å². The zero-order valence-electron chi connectivity index (χ0n) is 13.4. The summed E-state index contributed by atoms with van der Waals surface area (Å²) in [5.41, 5.74) is 2.12. The number of hydrogen-bond donors (Lipinski definition) is 2. The Kier molecular flexibility index (Phi) is 5.57. The lowest BCUT2D eigenvalue weighted by molar-refractivity contribution is -0.115. The fraction of sp³-hybridized carbons (Fsp3) is 0.222. The zero-order valence-corrected chi connectivity index (χ0v) is 15.8. The topological polar surface area (TPSA) is 58.2 Å². The van der Waals surface area contributed by atoms with Crippen molar-refractivity contribution >= 4 is 52.5 Å². The van der Waals surface area contributed by atoms with E-state index in [-0.39, 0.29) is 17.1 Å². The highest BCUT2D eigenvalue weighted by Crippen LogP contribution is 2.35. The van der Waals surface area contributed by atoms with Crippen molar-refractivity contribution in [3.63, 3.8) is 0 Å². The van der Waals surface area contributed by atoms with Gasteiger partial charge in [0.05, 0.1) is 10.9 Å². The third-order valence-corrected chi connectivity index (χ3v) is 5.63. The van der Waals surface area contributed by atoms with Gasteiger partial charge in [-0.2, -0.15) is 0 Å². The number of fused-ring (bicyclic) bond motifs is 1. The van der Waals surface area contributed by atoms with Crippen LogP contribution < -0.4 is 10.6 Å². The molecule has 0 unspecified atom stereocenters. The summed E-state index contributed by atoms with van der Waals surface area (Å²) in [4.78, 5) is 25.1. The summed E-state index contributed by atoms with van der Waals surface area (Å²) < 4.78 is 0. The van der Waals surface area contributed by atoms with E-state index in [1.807, 2.05) is 19.1 Å².